The molecule has 0 fully saturated rings. The second-order valence-electron chi connectivity index (χ2n) is 4.16. The van der Waals surface area contributed by atoms with Crippen LogP contribution in [-0.2, 0) is 4.74 Å². The van der Waals surface area contributed by atoms with Gasteiger partial charge in [-0.25, -0.2) is 8.78 Å². The van der Waals surface area contributed by atoms with Crippen LogP contribution in [0, 0.1) is 11.6 Å². The Bertz CT molecular complexity index is 576. The van der Waals surface area contributed by atoms with Gasteiger partial charge in [0, 0.05) is 20.3 Å². The van der Waals surface area contributed by atoms with E-state index >= 15 is 0 Å². The number of hydrogen-bond donors (Lipinski definition) is 2. The molecule has 0 saturated heterocycles. The van der Waals surface area contributed by atoms with Crippen molar-refractivity contribution in [1.29, 1.82) is 0 Å². The van der Waals surface area contributed by atoms with Crippen LogP contribution in [-0.4, -0.2) is 35.4 Å². The quantitative estimate of drug-likeness (QED) is 0.764. The highest BCUT2D eigenvalue weighted by molar-refractivity contribution is 5.57. The first-order valence-corrected chi connectivity index (χ1v) is 6.34. The van der Waals surface area contributed by atoms with Crippen LogP contribution in [0.4, 0.5) is 26.2 Å². The first-order valence-electron chi connectivity index (χ1n) is 6.34. The first-order chi connectivity index (χ1) is 10.2. The maximum absolute atomic E-state index is 13.5. The van der Waals surface area contributed by atoms with Gasteiger partial charge in [0.15, 0.2) is 5.82 Å². The monoisotopic (exact) mass is 295 g/mol. The largest absolute Gasteiger partial charge is 0.385 e. The Morgan fingerprint density at radius 1 is 1.24 bits per heavy atom. The maximum atomic E-state index is 13.5. The highest BCUT2D eigenvalue weighted by Crippen LogP contribution is 2.21. The van der Waals surface area contributed by atoms with E-state index in [1.54, 1.807) is 7.11 Å². The number of rotatable bonds is 7. The Labute approximate surface area is 120 Å². The average molecular weight is 295 g/mol. The predicted molar refractivity (Wildman–Crippen MR) is 74.5 cm³/mol. The van der Waals surface area contributed by atoms with E-state index in [1.165, 1.54) is 12.3 Å². The van der Waals surface area contributed by atoms with Crippen LogP contribution in [0.3, 0.4) is 0 Å². The molecule has 21 heavy (non-hydrogen) atoms. The smallest absolute Gasteiger partial charge is 0.244 e. The minimum absolute atomic E-state index is 0.197. The van der Waals surface area contributed by atoms with E-state index in [-0.39, 0.29) is 17.5 Å². The average Bonchev–Trinajstić information content (AvgIpc) is 2.48. The van der Waals surface area contributed by atoms with Crippen molar-refractivity contribution in [3.8, 4) is 0 Å². The lowest BCUT2D eigenvalue weighted by Crippen LogP contribution is -2.09. The third-order valence-electron chi connectivity index (χ3n) is 2.58. The molecular formula is C13H15F2N5O. The zero-order chi connectivity index (χ0) is 15.1. The molecule has 0 unspecified atom stereocenters. The molecule has 0 radical (unpaired) electrons. The van der Waals surface area contributed by atoms with Gasteiger partial charge >= 0.3 is 0 Å². The minimum atomic E-state index is -0.705. The topological polar surface area (TPSA) is 72.0 Å². The van der Waals surface area contributed by atoms with E-state index < -0.39 is 11.6 Å². The highest BCUT2D eigenvalue weighted by atomic mass is 19.1. The summed E-state index contributed by atoms with van der Waals surface area (Å²) in [5.41, 5.74) is -0.275. The molecule has 2 N–H and O–H groups in total. The van der Waals surface area contributed by atoms with Gasteiger partial charge in [0.1, 0.15) is 17.3 Å². The van der Waals surface area contributed by atoms with Crippen molar-refractivity contribution in [3.63, 3.8) is 0 Å². The summed E-state index contributed by atoms with van der Waals surface area (Å²) in [4.78, 5) is 4.08. The van der Waals surface area contributed by atoms with Gasteiger partial charge in [-0.05, 0) is 18.6 Å². The first kappa shape index (κ1) is 15.0. The summed E-state index contributed by atoms with van der Waals surface area (Å²) < 4.78 is 32.0. The Balaban J connectivity index is 2.04. The highest BCUT2D eigenvalue weighted by Gasteiger charge is 2.09. The molecule has 0 saturated carbocycles. The molecular weight excluding hydrogens is 280 g/mol. The molecule has 0 atom stereocenters. The number of ether oxygens (including phenoxy) is 1. The van der Waals surface area contributed by atoms with Crippen molar-refractivity contribution >= 4 is 17.5 Å². The van der Waals surface area contributed by atoms with Gasteiger partial charge in [0.25, 0.3) is 0 Å². The maximum Gasteiger partial charge on any atom is 0.244 e. The molecule has 112 valence electrons. The van der Waals surface area contributed by atoms with E-state index in [9.17, 15) is 8.78 Å². The minimum Gasteiger partial charge on any atom is -0.385 e. The second-order valence-corrected chi connectivity index (χ2v) is 4.16. The van der Waals surface area contributed by atoms with Crippen LogP contribution in [0.25, 0.3) is 0 Å². The summed E-state index contributed by atoms with van der Waals surface area (Å²) in [7, 11) is 1.62. The predicted octanol–water partition coefficient (Wildman–Crippen LogP) is 2.34. The van der Waals surface area contributed by atoms with E-state index in [1.807, 2.05) is 0 Å². The number of para-hydroxylation sites is 1. The van der Waals surface area contributed by atoms with Gasteiger partial charge in [-0.1, -0.05) is 6.07 Å². The van der Waals surface area contributed by atoms with Crippen molar-refractivity contribution in [2.45, 2.75) is 6.42 Å². The van der Waals surface area contributed by atoms with Gasteiger partial charge in [-0.15, -0.1) is 5.10 Å². The molecule has 2 aromatic rings. The van der Waals surface area contributed by atoms with Crippen LogP contribution in [0.2, 0.25) is 0 Å². The standard InChI is InChI=1S/C13H15F2N5O/c1-21-7-3-6-16-13-19-11(8-17-20-13)18-12-9(14)4-2-5-10(12)15/h2,4-5,8H,3,6-7H2,1H3,(H2,16,18,19,20). The third-order valence-corrected chi connectivity index (χ3v) is 2.58. The van der Waals surface area contributed by atoms with E-state index in [0.29, 0.717) is 13.2 Å². The molecule has 0 bridgehead atoms. The summed E-state index contributed by atoms with van der Waals surface area (Å²) >= 11 is 0. The van der Waals surface area contributed by atoms with Crippen molar-refractivity contribution < 1.29 is 13.5 Å². The Morgan fingerprint density at radius 2 is 2.00 bits per heavy atom. The summed E-state index contributed by atoms with van der Waals surface area (Å²) in [5, 5.41) is 13.0. The van der Waals surface area contributed by atoms with Crippen molar-refractivity contribution in [2.24, 2.45) is 0 Å². The molecule has 1 heterocycles. The molecule has 0 aliphatic heterocycles. The lowest BCUT2D eigenvalue weighted by atomic mass is 10.3. The van der Waals surface area contributed by atoms with Crippen LogP contribution in [0.15, 0.2) is 24.4 Å². The zero-order valence-corrected chi connectivity index (χ0v) is 11.4. The summed E-state index contributed by atoms with van der Waals surface area (Å²) in [6.45, 7) is 1.21. The van der Waals surface area contributed by atoms with E-state index in [4.69, 9.17) is 4.74 Å². The van der Waals surface area contributed by atoms with Gasteiger partial charge in [0.2, 0.25) is 5.95 Å². The molecule has 0 aliphatic carbocycles. The van der Waals surface area contributed by atoms with Crippen LogP contribution >= 0.6 is 0 Å². The number of methoxy groups -OCH3 is 1. The molecule has 0 aliphatic rings. The Kier molecular flexibility index (Phi) is 5.33. The summed E-state index contributed by atoms with van der Waals surface area (Å²) in [6.07, 6.45) is 2.06. The second kappa shape index (κ2) is 7.44. The molecule has 0 amide bonds. The lowest BCUT2D eigenvalue weighted by Gasteiger charge is -2.09. The SMILES string of the molecule is COCCCNc1nncc(Nc2c(F)cccc2F)n1. The number of benzene rings is 1. The van der Waals surface area contributed by atoms with E-state index in [0.717, 1.165) is 18.6 Å². The number of anilines is 3. The van der Waals surface area contributed by atoms with Gasteiger partial charge in [-0.3, -0.25) is 0 Å². The fourth-order valence-corrected chi connectivity index (χ4v) is 1.60. The number of aromatic nitrogens is 3. The molecule has 8 heteroatoms. The van der Waals surface area contributed by atoms with Crippen LogP contribution in [0.1, 0.15) is 6.42 Å². The van der Waals surface area contributed by atoms with Gasteiger partial charge in [-0.2, -0.15) is 10.1 Å². The number of nitrogens with one attached hydrogen (secondary N) is 2. The summed E-state index contributed by atoms with van der Waals surface area (Å²) in [5.74, 6) is -0.942. The number of hydrogen-bond acceptors (Lipinski definition) is 6. The van der Waals surface area contributed by atoms with Crippen LogP contribution < -0.4 is 10.6 Å². The normalized spacial score (nSPS) is 10.4. The third kappa shape index (κ3) is 4.32. The molecule has 6 nitrogen and oxygen atoms in total. The lowest BCUT2D eigenvalue weighted by molar-refractivity contribution is 0.197. The fraction of sp³-hybridized carbons (Fsp3) is 0.308. The number of halogens is 2. The van der Waals surface area contributed by atoms with Crippen molar-refractivity contribution in [3.05, 3.63) is 36.0 Å². The summed E-state index contributed by atoms with van der Waals surface area (Å²) in [6, 6.07) is 3.60. The van der Waals surface area contributed by atoms with Crippen molar-refractivity contribution in [1.82, 2.24) is 15.2 Å². The molecule has 1 aromatic carbocycles. The van der Waals surface area contributed by atoms with E-state index in [2.05, 4.69) is 25.8 Å². The van der Waals surface area contributed by atoms with Crippen LogP contribution in [0.5, 0.6) is 0 Å². The molecule has 0 spiro atoms. The van der Waals surface area contributed by atoms with Crippen molar-refractivity contribution in [2.75, 3.05) is 30.9 Å². The molecule has 2 rings (SSSR count). The van der Waals surface area contributed by atoms with Gasteiger partial charge < -0.3 is 15.4 Å². The van der Waals surface area contributed by atoms with Gasteiger partial charge in [0.05, 0.1) is 6.20 Å². The zero-order valence-electron chi connectivity index (χ0n) is 11.4. The number of nitrogens with zero attached hydrogens (tertiary/aromatic N) is 3. The Morgan fingerprint density at radius 3 is 2.71 bits per heavy atom. The Hall–Kier alpha value is -2.35. The fourth-order valence-electron chi connectivity index (χ4n) is 1.60. The molecule has 1 aromatic heterocycles.